The van der Waals surface area contributed by atoms with Gasteiger partial charge < -0.3 is 15.1 Å². The van der Waals surface area contributed by atoms with E-state index in [1.54, 1.807) is 12.1 Å². The molecule has 136 valence electrons. The van der Waals surface area contributed by atoms with Crippen molar-refractivity contribution < 1.29 is 14.5 Å². The highest BCUT2D eigenvalue weighted by molar-refractivity contribution is 5.93. The number of nitro groups is 1. The van der Waals surface area contributed by atoms with Crippen molar-refractivity contribution in [3.8, 4) is 0 Å². The molecule has 0 aromatic heterocycles. The second-order valence-corrected chi connectivity index (χ2v) is 6.00. The number of rotatable bonds is 6. The molecule has 2 amide bonds. The van der Waals surface area contributed by atoms with E-state index in [-0.39, 0.29) is 29.6 Å². The van der Waals surface area contributed by atoms with E-state index >= 15 is 0 Å². The minimum absolute atomic E-state index is 0.112. The van der Waals surface area contributed by atoms with Crippen LogP contribution in [-0.4, -0.2) is 59.3 Å². The van der Waals surface area contributed by atoms with Crippen LogP contribution < -0.4 is 5.32 Å². The number of nitro benzene ring substituents is 1. The first-order valence-electron chi connectivity index (χ1n) is 8.54. The van der Waals surface area contributed by atoms with Gasteiger partial charge in [0, 0.05) is 45.1 Å². The van der Waals surface area contributed by atoms with E-state index in [2.05, 4.69) is 10.2 Å². The summed E-state index contributed by atoms with van der Waals surface area (Å²) in [7, 11) is 0. The summed E-state index contributed by atoms with van der Waals surface area (Å²) in [6.45, 7) is 5.44. The molecule has 2 rings (SSSR count). The molecule has 1 saturated heterocycles. The summed E-state index contributed by atoms with van der Waals surface area (Å²) in [6.07, 6.45) is 1.66. The van der Waals surface area contributed by atoms with Crippen LogP contribution in [0.3, 0.4) is 0 Å². The maximum absolute atomic E-state index is 12.1. The fourth-order valence-electron chi connectivity index (χ4n) is 2.88. The summed E-state index contributed by atoms with van der Waals surface area (Å²) in [5.74, 6) is -0.0870. The summed E-state index contributed by atoms with van der Waals surface area (Å²) in [5.41, 5.74) is 0.104. The number of amides is 2. The molecule has 1 aromatic carbocycles. The smallest absolute Gasteiger partial charge is 0.292 e. The number of benzene rings is 1. The highest BCUT2D eigenvalue weighted by Crippen LogP contribution is 2.23. The summed E-state index contributed by atoms with van der Waals surface area (Å²) in [5, 5.41) is 13.6. The Labute approximate surface area is 146 Å². The van der Waals surface area contributed by atoms with E-state index in [0.29, 0.717) is 19.5 Å². The number of hydrogen-bond donors (Lipinski definition) is 1. The Bertz CT molecular complexity index is 635. The van der Waals surface area contributed by atoms with Gasteiger partial charge in [0.2, 0.25) is 11.8 Å². The van der Waals surface area contributed by atoms with Gasteiger partial charge in [-0.1, -0.05) is 19.1 Å². The molecule has 1 N–H and O–H groups in total. The predicted molar refractivity (Wildman–Crippen MR) is 94.3 cm³/mol. The van der Waals surface area contributed by atoms with E-state index in [1.165, 1.54) is 12.1 Å². The van der Waals surface area contributed by atoms with Crippen molar-refractivity contribution in [1.82, 2.24) is 9.80 Å². The van der Waals surface area contributed by atoms with Crippen molar-refractivity contribution in [1.29, 1.82) is 0 Å². The summed E-state index contributed by atoms with van der Waals surface area (Å²) < 4.78 is 0. The Hall–Kier alpha value is -2.48. The molecule has 0 spiro atoms. The van der Waals surface area contributed by atoms with Crippen LogP contribution in [0.5, 0.6) is 0 Å². The molecule has 1 fully saturated rings. The summed E-state index contributed by atoms with van der Waals surface area (Å²) in [4.78, 5) is 38.4. The van der Waals surface area contributed by atoms with Gasteiger partial charge in [-0.25, -0.2) is 0 Å². The topological polar surface area (TPSA) is 95.8 Å². The zero-order valence-corrected chi connectivity index (χ0v) is 14.4. The lowest BCUT2D eigenvalue weighted by Crippen LogP contribution is -2.35. The van der Waals surface area contributed by atoms with E-state index in [0.717, 1.165) is 26.1 Å². The summed E-state index contributed by atoms with van der Waals surface area (Å²) in [6, 6.07) is 6.10. The Balaban J connectivity index is 1.82. The molecule has 0 radical (unpaired) electrons. The highest BCUT2D eigenvalue weighted by Gasteiger charge is 2.19. The number of nitrogens with zero attached hydrogens (tertiary/aromatic N) is 3. The van der Waals surface area contributed by atoms with Gasteiger partial charge in [-0.15, -0.1) is 0 Å². The van der Waals surface area contributed by atoms with E-state index in [9.17, 15) is 19.7 Å². The molecule has 8 nitrogen and oxygen atoms in total. The normalized spacial score (nSPS) is 15.5. The minimum atomic E-state index is -0.510. The average Bonchev–Trinajstić information content (AvgIpc) is 2.85. The maximum atomic E-state index is 12.1. The number of nitrogens with one attached hydrogen (secondary N) is 1. The molecule has 1 aliphatic rings. The predicted octanol–water partition coefficient (Wildman–Crippen LogP) is 1.87. The molecule has 0 saturated carbocycles. The van der Waals surface area contributed by atoms with Crippen LogP contribution in [0.4, 0.5) is 11.4 Å². The van der Waals surface area contributed by atoms with Crippen molar-refractivity contribution in [3.05, 3.63) is 34.4 Å². The van der Waals surface area contributed by atoms with Gasteiger partial charge in [-0.2, -0.15) is 0 Å². The number of carbonyl (C=O) groups excluding carboxylic acids is 2. The van der Waals surface area contributed by atoms with Crippen LogP contribution >= 0.6 is 0 Å². The lowest BCUT2D eigenvalue weighted by molar-refractivity contribution is -0.383. The number of anilines is 1. The number of hydrogen-bond acceptors (Lipinski definition) is 5. The minimum Gasteiger partial charge on any atom is -0.341 e. The molecule has 1 heterocycles. The molecule has 1 aromatic rings. The molecule has 1 aliphatic heterocycles. The summed E-state index contributed by atoms with van der Waals surface area (Å²) >= 11 is 0. The quantitative estimate of drug-likeness (QED) is 0.625. The van der Waals surface area contributed by atoms with Gasteiger partial charge in [0.05, 0.1) is 4.92 Å². The Kier molecular flexibility index (Phi) is 6.88. The monoisotopic (exact) mass is 348 g/mol. The van der Waals surface area contributed by atoms with Crippen LogP contribution in [0.1, 0.15) is 26.2 Å². The highest BCUT2D eigenvalue weighted by atomic mass is 16.6. The second kappa shape index (κ2) is 9.12. The largest absolute Gasteiger partial charge is 0.341 e. The van der Waals surface area contributed by atoms with Crippen molar-refractivity contribution in [2.45, 2.75) is 26.2 Å². The van der Waals surface area contributed by atoms with E-state index < -0.39 is 4.92 Å². The van der Waals surface area contributed by atoms with Crippen molar-refractivity contribution in [2.24, 2.45) is 0 Å². The number of carbonyl (C=O) groups is 2. The van der Waals surface area contributed by atoms with Gasteiger partial charge >= 0.3 is 0 Å². The van der Waals surface area contributed by atoms with Crippen LogP contribution in [0.25, 0.3) is 0 Å². The van der Waals surface area contributed by atoms with Crippen molar-refractivity contribution in [2.75, 3.05) is 38.0 Å². The second-order valence-electron chi connectivity index (χ2n) is 6.00. The fourth-order valence-corrected chi connectivity index (χ4v) is 2.88. The van der Waals surface area contributed by atoms with Gasteiger partial charge in [0.15, 0.2) is 0 Å². The Morgan fingerprint density at radius 1 is 1.20 bits per heavy atom. The van der Waals surface area contributed by atoms with E-state index in [4.69, 9.17) is 0 Å². The standard InChI is InChI=1S/C17H24N4O4/c1-2-17(23)20-10-5-9-19(12-13-20)11-8-16(22)18-14-6-3-4-7-15(14)21(24)25/h3-4,6-7H,2,5,8-13H2,1H3,(H,18,22). The molecule has 0 aliphatic carbocycles. The lowest BCUT2D eigenvalue weighted by Gasteiger charge is -2.21. The molecular formula is C17H24N4O4. The molecule has 8 heteroatoms. The third-order valence-corrected chi connectivity index (χ3v) is 4.27. The SMILES string of the molecule is CCC(=O)N1CCCN(CCC(=O)Nc2ccccc2[N+](=O)[O-])CC1. The molecule has 0 atom stereocenters. The van der Waals surface area contributed by atoms with Gasteiger partial charge in [-0.05, 0) is 19.0 Å². The van der Waals surface area contributed by atoms with Gasteiger partial charge in [-0.3, -0.25) is 19.7 Å². The first-order chi connectivity index (χ1) is 12.0. The fraction of sp³-hybridized carbons (Fsp3) is 0.529. The zero-order chi connectivity index (χ0) is 18.2. The van der Waals surface area contributed by atoms with Crippen LogP contribution in [-0.2, 0) is 9.59 Å². The van der Waals surface area contributed by atoms with Crippen LogP contribution in [0, 0.1) is 10.1 Å². The molecule has 0 bridgehead atoms. The van der Waals surface area contributed by atoms with Gasteiger partial charge in [0.25, 0.3) is 5.69 Å². The average molecular weight is 348 g/mol. The van der Waals surface area contributed by atoms with E-state index in [1.807, 2.05) is 11.8 Å². The van der Waals surface area contributed by atoms with Crippen molar-refractivity contribution >= 4 is 23.2 Å². The molecule has 0 unspecified atom stereocenters. The first-order valence-corrected chi connectivity index (χ1v) is 8.54. The Morgan fingerprint density at radius 2 is 1.96 bits per heavy atom. The number of para-hydroxylation sites is 2. The zero-order valence-electron chi connectivity index (χ0n) is 14.4. The molecule has 25 heavy (non-hydrogen) atoms. The first kappa shape index (κ1) is 18.9. The third-order valence-electron chi connectivity index (χ3n) is 4.27. The lowest BCUT2D eigenvalue weighted by atomic mass is 10.2. The van der Waals surface area contributed by atoms with Crippen molar-refractivity contribution in [3.63, 3.8) is 0 Å². The van der Waals surface area contributed by atoms with Crippen LogP contribution in [0.15, 0.2) is 24.3 Å². The maximum Gasteiger partial charge on any atom is 0.292 e. The molecular weight excluding hydrogens is 324 g/mol. The van der Waals surface area contributed by atoms with Crippen LogP contribution in [0.2, 0.25) is 0 Å². The third kappa shape index (κ3) is 5.53. The Morgan fingerprint density at radius 3 is 2.68 bits per heavy atom. The van der Waals surface area contributed by atoms with Gasteiger partial charge in [0.1, 0.15) is 5.69 Å².